The van der Waals surface area contributed by atoms with E-state index >= 15 is 0 Å². The Bertz CT molecular complexity index is 1130. The summed E-state index contributed by atoms with van der Waals surface area (Å²) in [6.07, 6.45) is 0.972. The van der Waals surface area contributed by atoms with Crippen LogP contribution in [0, 0.1) is 11.3 Å². The number of hydrogen-bond acceptors (Lipinski definition) is 4. The van der Waals surface area contributed by atoms with Crippen molar-refractivity contribution >= 4 is 17.1 Å². The van der Waals surface area contributed by atoms with Gasteiger partial charge in [0.05, 0.1) is 17.8 Å². The third-order valence-corrected chi connectivity index (χ3v) is 5.03. The fourth-order valence-corrected chi connectivity index (χ4v) is 3.53. The maximum Gasteiger partial charge on any atom is 0.330 e. The summed E-state index contributed by atoms with van der Waals surface area (Å²) in [4.78, 5) is 29.5. The van der Waals surface area contributed by atoms with Gasteiger partial charge < -0.3 is 4.74 Å². The normalized spacial score (nSPS) is 12.0. The standard InChI is InChI=1S/C25H33N3O3/c1-17(2)15-31-22(29)13-10-18-8-7-9-19(14-18)20-11-12-21-23(26-20)27(6)24(30)28(21)16-25(3,4)5/h7-9,11-12,14,17H,10,13,15-16H2,1-6H3. The van der Waals surface area contributed by atoms with E-state index in [9.17, 15) is 9.59 Å². The van der Waals surface area contributed by atoms with Crippen LogP contribution >= 0.6 is 0 Å². The number of aromatic nitrogens is 3. The molecule has 31 heavy (non-hydrogen) atoms. The number of carbonyl (C=O) groups is 1. The average Bonchev–Trinajstić information content (AvgIpc) is 2.94. The van der Waals surface area contributed by atoms with Gasteiger partial charge in [-0.2, -0.15) is 0 Å². The monoisotopic (exact) mass is 423 g/mol. The quantitative estimate of drug-likeness (QED) is 0.522. The van der Waals surface area contributed by atoms with Crippen LogP contribution < -0.4 is 5.69 Å². The molecule has 6 heteroatoms. The molecule has 3 aromatic rings. The van der Waals surface area contributed by atoms with E-state index in [1.165, 1.54) is 0 Å². The van der Waals surface area contributed by atoms with Gasteiger partial charge in [0.2, 0.25) is 0 Å². The average molecular weight is 424 g/mol. The third-order valence-electron chi connectivity index (χ3n) is 5.03. The molecular formula is C25H33N3O3. The summed E-state index contributed by atoms with van der Waals surface area (Å²) >= 11 is 0. The molecule has 0 atom stereocenters. The summed E-state index contributed by atoms with van der Waals surface area (Å²) in [5.74, 6) is 0.163. The van der Waals surface area contributed by atoms with Crippen molar-refractivity contribution in [2.45, 2.75) is 54.0 Å². The van der Waals surface area contributed by atoms with E-state index < -0.39 is 0 Å². The molecule has 0 N–H and O–H groups in total. The van der Waals surface area contributed by atoms with Gasteiger partial charge in [0, 0.05) is 25.6 Å². The molecule has 0 saturated heterocycles. The van der Waals surface area contributed by atoms with Crippen molar-refractivity contribution in [2.24, 2.45) is 18.4 Å². The van der Waals surface area contributed by atoms with E-state index in [0.29, 0.717) is 37.6 Å². The fraction of sp³-hybridized carbons (Fsp3) is 0.480. The van der Waals surface area contributed by atoms with Crippen LogP contribution in [0.15, 0.2) is 41.2 Å². The Balaban J connectivity index is 1.84. The van der Waals surface area contributed by atoms with Crippen LogP contribution in [0.5, 0.6) is 0 Å². The number of hydrogen-bond donors (Lipinski definition) is 0. The molecule has 2 aromatic heterocycles. The predicted molar refractivity (Wildman–Crippen MR) is 124 cm³/mol. The van der Waals surface area contributed by atoms with Crippen LogP contribution in [0.2, 0.25) is 0 Å². The largest absolute Gasteiger partial charge is 0.465 e. The van der Waals surface area contributed by atoms with Crippen molar-refractivity contribution in [3.05, 3.63) is 52.4 Å². The van der Waals surface area contributed by atoms with E-state index in [1.54, 1.807) is 16.2 Å². The number of pyridine rings is 1. The minimum absolute atomic E-state index is 0.0125. The van der Waals surface area contributed by atoms with Gasteiger partial charge in [-0.3, -0.25) is 13.9 Å². The van der Waals surface area contributed by atoms with E-state index in [2.05, 4.69) is 20.8 Å². The zero-order valence-electron chi connectivity index (χ0n) is 19.4. The number of nitrogens with zero attached hydrogens (tertiary/aromatic N) is 3. The highest BCUT2D eigenvalue weighted by Gasteiger charge is 2.19. The van der Waals surface area contributed by atoms with Gasteiger partial charge in [0.1, 0.15) is 0 Å². The molecule has 2 heterocycles. The Kier molecular flexibility index (Phi) is 6.68. The summed E-state index contributed by atoms with van der Waals surface area (Å²) in [6.45, 7) is 11.5. The number of fused-ring (bicyclic) bond motifs is 1. The van der Waals surface area contributed by atoms with Crippen LogP contribution in [0.25, 0.3) is 22.4 Å². The van der Waals surface area contributed by atoms with Crippen molar-refractivity contribution < 1.29 is 9.53 Å². The summed E-state index contributed by atoms with van der Waals surface area (Å²) < 4.78 is 8.67. The zero-order valence-corrected chi connectivity index (χ0v) is 19.4. The predicted octanol–water partition coefficient (Wildman–Crippen LogP) is 4.58. The molecule has 0 fully saturated rings. The molecule has 1 aromatic carbocycles. The summed E-state index contributed by atoms with van der Waals surface area (Å²) in [5, 5.41) is 0. The van der Waals surface area contributed by atoms with Gasteiger partial charge in [0.25, 0.3) is 0 Å². The van der Waals surface area contributed by atoms with E-state index in [0.717, 1.165) is 22.3 Å². The van der Waals surface area contributed by atoms with E-state index in [-0.39, 0.29) is 17.1 Å². The third kappa shape index (κ3) is 5.63. The molecule has 6 nitrogen and oxygen atoms in total. The lowest BCUT2D eigenvalue weighted by Gasteiger charge is -2.18. The topological polar surface area (TPSA) is 66.1 Å². The van der Waals surface area contributed by atoms with E-state index in [1.807, 2.05) is 50.2 Å². The van der Waals surface area contributed by atoms with Crippen molar-refractivity contribution in [3.8, 4) is 11.3 Å². The number of esters is 1. The van der Waals surface area contributed by atoms with Crippen LogP contribution in [-0.2, 0) is 29.5 Å². The van der Waals surface area contributed by atoms with E-state index in [4.69, 9.17) is 9.72 Å². The maximum absolute atomic E-state index is 12.8. The SMILES string of the molecule is CC(C)COC(=O)CCc1cccc(-c2ccc3c(n2)n(C)c(=O)n3CC(C)(C)C)c1. The summed E-state index contributed by atoms with van der Waals surface area (Å²) in [5.41, 5.74) is 4.28. The Morgan fingerprint density at radius 3 is 2.58 bits per heavy atom. The second-order valence-corrected chi connectivity index (χ2v) is 9.80. The number of aryl methyl sites for hydroxylation is 2. The van der Waals surface area contributed by atoms with Crippen molar-refractivity contribution in [1.82, 2.24) is 14.1 Å². The molecule has 0 aliphatic carbocycles. The highest BCUT2D eigenvalue weighted by atomic mass is 16.5. The first-order chi connectivity index (χ1) is 14.5. The van der Waals surface area contributed by atoms with Crippen LogP contribution in [0.1, 0.15) is 46.6 Å². The molecule has 0 amide bonds. The van der Waals surface area contributed by atoms with Gasteiger partial charge in [0.15, 0.2) is 5.65 Å². The summed E-state index contributed by atoms with van der Waals surface area (Å²) in [6, 6.07) is 12.0. The first-order valence-electron chi connectivity index (χ1n) is 10.9. The van der Waals surface area contributed by atoms with Gasteiger partial charge in [-0.05, 0) is 41.5 Å². The number of imidazole rings is 1. The molecule has 0 spiro atoms. The highest BCUT2D eigenvalue weighted by Crippen LogP contribution is 2.24. The van der Waals surface area contributed by atoms with Crippen molar-refractivity contribution in [2.75, 3.05) is 6.61 Å². The zero-order chi connectivity index (χ0) is 22.8. The Labute approximate surface area is 183 Å². The number of ether oxygens (including phenoxy) is 1. The Hall–Kier alpha value is -2.89. The minimum Gasteiger partial charge on any atom is -0.465 e. The molecular weight excluding hydrogens is 390 g/mol. The van der Waals surface area contributed by atoms with Crippen molar-refractivity contribution in [1.29, 1.82) is 0 Å². The molecule has 0 aliphatic rings. The number of benzene rings is 1. The Morgan fingerprint density at radius 1 is 1.16 bits per heavy atom. The fourth-order valence-electron chi connectivity index (χ4n) is 3.53. The first kappa shape index (κ1) is 22.8. The molecule has 0 aliphatic heterocycles. The molecule has 0 radical (unpaired) electrons. The number of rotatable bonds is 7. The minimum atomic E-state index is -0.172. The van der Waals surface area contributed by atoms with Gasteiger partial charge in [-0.15, -0.1) is 0 Å². The maximum atomic E-state index is 12.8. The number of carbonyl (C=O) groups excluding carboxylic acids is 1. The Morgan fingerprint density at radius 2 is 1.90 bits per heavy atom. The smallest absolute Gasteiger partial charge is 0.330 e. The van der Waals surface area contributed by atoms with Gasteiger partial charge in [-0.25, -0.2) is 9.78 Å². The lowest BCUT2D eigenvalue weighted by atomic mass is 9.97. The first-order valence-corrected chi connectivity index (χ1v) is 10.9. The summed E-state index contributed by atoms with van der Waals surface area (Å²) in [7, 11) is 1.76. The van der Waals surface area contributed by atoms with Crippen LogP contribution in [0.4, 0.5) is 0 Å². The molecule has 166 valence electrons. The second-order valence-electron chi connectivity index (χ2n) is 9.80. The van der Waals surface area contributed by atoms with Gasteiger partial charge in [-0.1, -0.05) is 52.8 Å². The molecule has 3 rings (SSSR count). The second kappa shape index (κ2) is 9.08. The lowest BCUT2D eigenvalue weighted by molar-refractivity contribution is -0.144. The lowest BCUT2D eigenvalue weighted by Crippen LogP contribution is -2.27. The highest BCUT2D eigenvalue weighted by molar-refractivity contribution is 5.76. The van der Waals surface area contributed by atoms with Crippen LogP contribution in [0.3, 0.4) is 0 Å². The van der Waals surface area contributed by atoms with Crippen LogP contribution in [-0.4, -0.2) is 26.7 Å². The molecule has 0 bridgehead atoms. The molecule has 0 unspecified atom stereocenters. The molecule has 0 saturated carbocycles. The van der Waals surface area contributed by atoms with Gasteiger partial charge >= 0.3 is 11.7 Å². The van der Waals surface area contributed by atoms with Crippen molar-refractivity contribution in [3.63, 3.8) is 0 Å².